The Labute approximate surface area is 120 Å². The van der Waals surface area contributed by atoms with E-state index in [0.717, 1.165) is 31.6 Å². The summed E-state index contributed by atoms with van der Waals surface area (Å²) in [6.45, 7) is 1.63. The van der Waals surface area contributed by atoms with Crippen molar-refractivity contribution < 1.29 is 13.2 Å². The molecule has 1 aromatic heterocycles. The van der Waals surface area contributed by atoms with Crippen molar-refractivity contribution in [3.8, 4) is 0 Å². The first-order chi connectivity index (χ1) is 9.99. The fourth-order valence-corrected chi connectivity index (χ4v) is 2.66. The zero-order chi connectivity index (χ0) is 15.0. The van der Waals surface area contributed by atoms with Gasteiger partial charge in [0.25, 0.3) is 0 Å². The van der Waals surface area contributed by atoms with Crippen molar-refractivity contribution in [1.29, 1.82) is 0 Å². The summed E-state index contributed by atoms with van der Waals surface area (Å²) >= 11 is 0. The second-order valence-electron chi connectivity index (χ2n) is 5.15. The van der Waals surface area contributed by atoms with Crippen molar-refractivity contribution in [2.24, 2.45) is 0 Å². The van der Waals surface area contributed by atoms with Gasteiger partial charge in [-0.15, -0.1) is 0 Å². The third-order valence-electron chi connectivity index (χ3n) is 3.84. The van der Waals surface area contributed by atoms with Crippen LogP contribution in [0.1, 0.15) is 12.0 Å². The van der Waals surface area contributed by atoms with E-state index in [0.29, 0.717) is 22.8 Å². The van der Waals surface area contributed by atoms with Crippen LogP contribution in [0.4, 0.5) is 19.0 Å². The summed E-state index contributed by atoms with van der Waals surface area (Å²) < 4.78 is 38.3. The van der Waals surface area contributed by atoms with E-state index in [2.05, 4.69) is 20.2 Å². The fraction of sp³-hybridized carbons (Fsp3) is 0.429. The van der Waals surface area contributed by atoms with Crippen LogP contribution in [-0.4, -0.2) is 36.1 Å². The summed E-state index contributed by atoms with van der Waals surface area (Å²) in [5, 5.41) is 3.86. The molecule has 7 heteroatoms. The van der Waals surface area contributed by atoms with Crippen LogP contribution in [-0.2, 0) is 6.18 Å². The molecule has 1 saturated heterocycles. The van der Waals surface area contributed by atoms with Gasteiger partial charge in [-0.3, -0.25) is 0 Å². The van der Waals surface area contributed by atoms with Crippen LogP contribution >= 0.6 is 0 Å². The summed E-state index contributed by atoms with van der Waals surface area (Å²) in [6.07, 6.45) is -2.04. The Morgan fingerprint density at radius 3 is 2.76 bits per heavy atom. The van der Waals surface area contributed by atoms with Crippen molar-refractivity contribution in [3.63, 3.8) is 0 Å². The van der Waals surface area contributed by atoms with Gasteiger partial charge in [0.15, 0.2) is 0 Å². The first-order valence-corrected chi connectivity index (χ1v) is 6.73. The molecule has 0 saturated carbocycles. The van der Waals surface area contributed by atoms with E-state index < -0.39 is 11.7 Å². The van der Waals surface area contributed by atoms with Crippen molar-refractivity contribution >= 4 is 16.7 Å². The number of hydrogen-bond donors (Lipinski definition) is 1. The molecule has 1 fully saturated rings. The smallest absolute Gasteiger partial charge is 0.354 e. The molecule has 1 unspecified atom stereocenters. The minimum absolute atomic E-state index is 0.322. The van der Waals surface area contributed by atoms with Gasteiger partial charge in [0, 0.05) is 24.5 Å². The monoisotopic (exact) mass is 296 g/mol. The number of anilines is 1. The second-order valence-corrected chi connectivity index (χ2v) is 5.15. The third-order valence-corrected chi connectivity index (χ3v) is 3.84. The van der Waals surface area contributed by atoms with Gasteiger partial charge in [0.2, 0.25) is 0 Å². The maximum atomic E-state index is 12.8. The third kappa shape index (κ3) is 2.65. The Balaban J connectivity index is 2.01. The molecule has 1 aliphatic rings. The number of benzene rings is 1. The highest BCUT2D eigenvalue weighted by Crippen LogP contribution is 2.33. The lowest BCUT2D eigenvalue weighted by Crippen LogP contribution is -2.30. The average molecular weight is 296 g/mol. The standard InChI is InChI=1S/C14H15F3N4/c1-18-10-4-5-21(7-10)13-11-3-2-9(14(15,16)17)6-12(11)19-8-20-13/h2-3,6,8,10,18H,4-5,7H2,1H3. The first-order valence-electron chi connectivity index (χ1n) is 6.73. The molecule has 0 bridgehead atoms. The quantitative estimate of drug-likeness (QED) is 0.924. The van der Waals surface area contributed by atoms with Crippen LogP contribution < -0.4 is 10.2 Å². The largest absolute Gasteiger partial charge is 0.416 e. The lowest BCUT2D eigenvalue weighted by atomic mass is 10.1. The van der Waals surface area contributed by atoms with Crippen LogP contribution in [0.25, 0.3) is 10.9 Å². The molecular formula is C14H15F3N4. The van der Waals surface area contributed by atoms with E-state index in [4.69, 9.17) is 0 Å². The summed E-state index contributed by atoms with van der Waals surface area (Å²) in [5.74, 6) is 0.700. The highest BCUT2D eigenvalue weighted by atomic mass is 19.4. The van der Waals surface area contributed by atoms with Crippen LogP contribution in [0.15, 0.2) is 24.5 Å². The summed E-state index contributed by atoms with van der Waals surface area (Å²) in [4.78, 5) is 10.3. The molecule has 4 nitrogen and oxygen atoms in total. The number of likely N-dealkylation sites (N-methyl/N-ethyl adjacent to an activating group) is 1. The molecule has 112 valence electrons. The maximum Gasteiger partial charge on any atom is 0.416 e. The highest BCUT2D eigenvalue weighted by Gasteiger charge is 2.31. The highest BCUT2D eigenvalue weighted by molar-refractivity contribution is 5.90. The summed E-state index contributed by atoms with van der Waals surface area (Å²) in [7, 11) is 1.90. The zero-order valence-corrected chi connectivity index (χ0v) is 11.5. The number of hydrogen-bond acceptors (Lipinski definition) is 4. The van der Waals surface area contributed by atoms with Crippen LogP contribution in [0, 0.1) is 0 Å². The van der Waals surface area contributed by atoms with E-state index in [1.165, 1.54) is 12.4 Å². The molecule has 2 aromatic rings. The average Bonchev–Trinajstić information content (AvgIpc) is 2.94. The number of aromatic nitrogens is 2. The van der Waals surface area contributed by atoms with Crippen molar-refractivity contribution in [2.45, 2.75) is 18.6 Å². The Morgan fingerprint density at radius 1 is 1.29 bits per heavy atom. The van der Waals surface area contributed by atoms with Crippen molar-refractivity contribution in [1.82, 2.24) is 15.3 Å². The van der Waals surface area contributed by atoms with E-state index in [1.54, 1.807) is 0 Å². The molecule has 3 rings (SSSR count). The molecule has 0 amide bonds. The van der Waals surface area contributed by atoms with Crippen molar-refractivity contribution in [2.75, 3.05) is 25.0 Å². The molecule has 0 spiro atoms. The summed E-state index contributed by atoms with van der Waals surface area (Å²) in [5.41, 5.74) is -0.364. The predicted octanol–water partition coefficient (Wildman–Crippen LogP) is 2.45. The molecule has 21 heavy (non-hydrogen) atoms. The molecule has 1 N–H and O–H groups in total. The van der Waals surface area contributed by atoms with Gasteiger partial charge in [0.1, 0.15) is 12.1 Å². The number of nitrogens with zero attached hydrogens (tertiary/aromatic N) is 3. The molecule has 0 aliphatic carbocycles. The molecular weight excluding hydrogens is 281 g/mol. The lowest BCUT2D eigenvalue weighted by molar-refractivity contribution is -0.137. The number of fused-ring (bicyclic) bond motifs is 1. The van der Waals surface area contributed by atoms with Gasteiger partial charge in [-0.1, -0.05) is 0 Å². The fourth-order valence-electron chi connectivity index (χ4n) is 2.66. The van der Waals surface area contributed by atoms with Crippen LogP contribution in [0.2, 0.25) is 0 Å². The van der Waals surface area contributed by atoms with E-state index in [1.807, 2.05) is 7.05 Å². The maximum absolute atomic E-state index is 12.8. The minimum atomic E-state index is -4.36. The Hall–Kier alpha value is -1.89. The second kappa shape index (κ2) is 5.14. The minimum Gasteiger partial charge on any atom is -0.354 e. The SMILES string of the molecule is CNC1CCN(c2ncnc3cc(C(F)(F)F)ccc23)C1. The van der Waals surface area contributed by atoms with Gasteiger partial charge in [-0.2, -0.15) is 13.2 Å². The first kappa shape index (κ1) is 14.1. The Bertz CT molecular complexity index is 656. The van der Waals surface area contributed by atoms with E-state index in [9.17, 15) is 13.2 Å². The normalized spacial score (nSPS) is 19.4. The van der Waals surface area contributed by atoms with Crippen molar-refractivity contribution in [3.05, 3.63) is 30.1 Å². The van der Waals surface area contributed by atoms with Gasteiger partial charge in [0.05, 0.1) is 11.1 Å². The van der Waals surface area contributed by atoms with E-state index in [-0.39, 0.29) is 0 Å². The van der Waals surface area contributed by atoms with Gasteiger partial charge < -0.3 is 10.2 Å². The molecule has 0 radical (unpaired) electrons. The lowest BCUT2D eigenvalue weighted by Gasteiger charge is -2.19. The topological polar surface area (TPSA) is 41.0 Å². The van der Waals surface area contributed by atoms with Crippen LogP contribution in [0.3, 0.4) is 0 Å². The molecule has 1 atom stereocenters. The Kier molecular flexibility index (Phi) is 3.44. The van der Waals surface area contributed by atoms with Gasteiger partial charge in [-0.05, 0) is 31.7 Å². The molecule has 1 aromatic carbocycles. The Morgan fingerprint density at radius 2 is 2.10 bits per heavy atom. The zero-order valence-electron chi connectivity index (χ0n) is 11.5. The van der Waals surface area contributed by atoms with E-state index >= 15 is 0 Å². The van der Waals surface area contributed by atoms with Gasteiger partial charge >= 0.3 is 6.18 Å². The predicted molar refractivity (Wildman–Crippen MR) is 74.2 cm³/mol. The number of rotatable bonds is 2. The summed E-state index contributed by atoms with van der Waals surface area (Å²) in [6, 6.07) is 4.00. The number of halogens is 3. The number of alkyl halides is 3. The molecule has 2 heterocycles. The van der Waals surface area contributed by atoms with Gasteiger partial charge in [-0.25, -0.2) is 9.97 Å². The molecule has 1 aliphatic heterocycles. The number of nitrogens with one attached hydrogen (secondary N) is 1. The van der Waals surface area contributed by atoms with Crippen LogP contribution in [0.5, 0.6) is 0 Å².